The van der Waals surface area contributed by atoms with Crippen LogP contribution < -0.4 is 44.5 Å². The van der Waals surface area contributed by atoms with Gasteiger partial charge in [-0.1, -0.05) is 59.3 Å². The molecule has 0 atom stereocenters. The average Bonchev–Trinajstić information content (AvgIpc) is 4.11. The van der Waals surface area contributed by atoms with E-state index in [0.29, 0.717) is 80.5 Å². The molecule has 79 heavy (non-hydrogen) atoms. The number of nitriles is 1. The minimum Gasteiger partial charge on any atom is -0.545 e. The Hall–Kier alpha value is -6.96. The Morgan fingerprint density at radius 2 is 1.20 bits per heavy atom. The van der Waals surface area contributed by atoms with Crippen LogP contribution in [0.1, 0.15) is 92.3 Å². The van der Waals surface area contributed by atoms with Crippen molar-refractivity contribution in [3.63, 3.8) is 0 Å². The third kappa shape index (κ3) is 24.3. The molecule has 1 aliphatic heterocycles. The van der Waals surface area contributed by atoms with Crippen LogP contribution in [0.25, 0.3) is 14.5 Å². The zero-order valence-electron chi connectivity index (χ0n) is 45.9. The number of aryl methyl sites for hydroxylation is 2. The summed E-state index contributed by atoms with van der Waals surface area (Å²) in [6.07, 6.45) is 12.8. The molecule has 0 aliphatic carbocycles. The van der Waals surface area contributed by atoms with E-state index >= 15 is 0 Å². The number of carboxylic acid groups (broad SMARTS) is 1. The smallest absolute Gasteiger partial charge is 0.545 e. The van der Waals surface area contributed by atoms with Crippen LogP contribution in [0.4, 0.5) is 49.1 Å². The summed E-state index contributed by atoms with van der Waals surface area (Å²) < 4.78 is 20.0. The SMILES string of the molecule is O=C1C=CC(=O)O1.[C-]#[N+]c1c(N=Nc2ccc(N(CCCCCC)CCOCCOC(=O)/C=C\C(=O)[O-])cc2C)sc(C#N)c1C.[C-]#[N+]c1sc(N=Nc2ccc(N(CCCCCC)CCOCCO)cc2C)c([N+]#[C-])c1C.[Na+]. The number of azo groups is 2. The predicted octanol–water partition coefficient (Wildman–Crippen LogP) is 9.36. The number of benzene rings is 2. The molecule has 0 spiro atoms. The van der Waals surface area contributed by atoms with E-state index < -0.39 is 23.9 Å². The number of aliphatic carboxylic acids is 1. The standard InChI is InChI=1S/C28H33N5O5S.C24H31N5O2S.C4H2O3.Na/c1-5-6-7-8-13-33(14-15-37-16-17-38-26(36)12-11-25(34)35)22-9-10-23(20(2)18-22)31-32-28-27(30-4)21(3)24(19-29)39-28;1-6-7-8-9-12-29(13-15-31-16-14-30)20-10-11-21(18(2)17-20)27-28-24-22(25-4)19(3)23(26-5)32-24;5-3-1-2-4(6)7-3;/h9-12,18H,5-8,13-17H2,1-3H3,(H,34,35);10-11,17,30H,6-9,12-16H2,1-3H3;1-2H;/q;;;+1/p-1/b12-11-,32-31?;;;. The maximum Gasteiger partial charge on any atom is 1.00 e. The molecule has 23 heteroatoms. The first kappa shape index (κ1) is 68.1. The van der Waals surface area contributed by atoms with Gasteiger partial charge in [-0.25, -0.2) is 28.9 Å². The van der Waals surface area contributed by atoms with Crippen molar-refractivity contribution < 1.29 is 77.9 Å². The van der Waals surface area contributed by atoms with E-state index in [1.807, 2.05) is 44.2 Å². The van der Waals surface area contributed by atoms with Crippen LogP contribution in [-0.4, -0.2) is 94.8 Å². The molecule has 3 heterocycles. The number of rotatable bonds is 29. The molecule has 0 saturated heterocycles. The number of esters is 3. The summed E-state index contributed by atoms with van der Waals surface area (Å²) in [5.74, 6) is -3.39. The van der Waals surface area contributed by atoms with E-state index in [-0.39, 0.29) is 49.4 Å². The van der Waals surface area contributed by atoms with Gasteiger partial charge in [-0.2, -0.15) is 25.7 Å². The Morgan fingerprint density at radius 3 is 1.63 bits per heavy atom. The number of unbranched alkanes of at least 4 members (excludes halogenated alkanes) is 6. The van der Waals surface area contributed by atoms with E-state index in [1.54, 1.807) is 13.8 Å². The van der Waals surface area contributed by atoms with Gasteiger partial charge in [0.1, 0.15) is 22.7 Å². The zero-order valence-corrected chi connectivity index (χ0v) is 49.5. The molecule has 0 radical (unpaired) electrons. The second-order valence-corrected chi connectivity index (χ2v) is 19.1. The number of hydrogen-bond acceptors (Lipinski definition) is 19. The summed E-state index contributed by atoms with van der Waals surface area (Å²) in [6.45, 7) is 38.6. The van der Waals surface area contributed by atoms with Crippen LogP contribution in [0.2, 0.25) is 0 Å². The number of aliphatic hydroxyl groups is 1. The number of cyclic esters (lactones) is 2. The molecule has 0 amide bonds. The zero-order chi connectivity index (χ0) is 57.2. The molecule has 2 aromatic carbocycles. The molecule has 1 N–H and O–H groups in total. The van der Waals surface area contributed by atoms with E-state index in [1.165, 1.54) is 37.0 Å². The maximum absolute atomic E-state index is 11.4. The van der Waals surface area contributed by atoms with Crippen molar-refractivity contribution in [3.8, 4) is 6.07 Å². The minimum atomic E-state index is -1.46. The minimum absolute atomic E-state index is 0. The summed E-state index contributed by atoms with van der Waals surface area (Å²) in [5, 5.41) is 47.1. The van der Waals surface area contributed by atoms with Crippen molar-refractivity contribution in [2.45, 2.75) is 92.9 Å². The first-order valence-electron chi connectivity index (χ1n) is 25.2. The monoisotopic (exact) mass is 1120 g/mol. The van der Waals surface area contributed by atoms with Gasteiger partial charge in [-0.15, -0.1) is 22.7 Å². The third-order valence-electron chi connectivity index (χ3n) is 11.4. The van der Waals surface area contributed by atoms with Gasteiger partial charge in [0.25, 0.3) is 0 Å². The largest absolute Gasteiger partial charge is 1.00 e. The molecule has 4 aromatic rings. The number of anilines is 2. The van der Waals surface area contributed by atoms with Crippen LogP contribution in [0, 0.1) is 58.7 Å². The molecule has 0 unspecified atom stereocenters. The van der Waals surface area contributed by atoms with Crippen molar-refractivity contribution in [1.29, 1.82) is 5.26 Å². The van der Waals surface area contributed by atoms with E-state index in [2.05, 4.69) is 75.5 Å². The second kappa shape index (κ2) is 38.6. The molecular formula is C56H65N10NaO10S2. The number of nitrogens with zero attached hydrogens (tertiary/aromatic N) is 10. The first-order chi connectivity index (χ1) is 37.6. The van der Waals surface area contributed by atoms with Crippen LogP contribution in [-0.2, 0) is 38.1 Å². The summed E-state index contributed by atoms with van der Waals surface area (Å²) in [5.41, 5.74) is 7.51. The molecule has 5 rings (SSSR count). The van der Waals surface area contributed by atoms with Crippen molar-refractivity contribution in [1.82, 2.24) is 0 Å². The van der Waals surface area contributed by atoms with Gasteiger partial charge in [-0.3, -0.25) is 0 Å². The molecule has 0 bridgehead atoms. The summed E-state index contributed by atoms with van der Waals surface area (Å²) in [4.78, 5) is 57.1. The van der Waals surface area contributed by atoms with Crippen LogP contribution in [0.15, 0.2) is 81.2 Å². The fourth-order valence-electron chi connectivity index (χ4n) is 7.18. The number of carbonyl (C=O) groups is 4. The van der Waals surface area contributed by atoms with Crippen molar-refractivity contribution in [3.05, 3.63) is 122 Å². The first-order valence-corrected chi connectivity index (χ1v) is 26.9. The summed E-state index contributed by atoms with van der Waals surface area (Å²) >= 11 is 2.36. The van der Waals surface area contributed by atoms with E-state index in [0.717, 1.165) is 103 Å². The van der Waals surface area contributed by atoms with Crippen LogP contribution in [0.3, 0.4) is 0 Å². The van der Waals surface area contributed by atoms with Crippen molar-refractivity contribution >= 4 is 95.7 Å². The van der Waals surface area contributed by atoms with Gasteiger partial charge < -0.3 is 43.8 Å². The number of ether oxygens (including phenoxy) is 4. The van der Waals surface area contributed by atoms with Gasteiger partial charge in [0.05, 0.1) is 75.0 Å². The fourth-order valence-corrected chi connectivity index (χ4v) is 8.90. The Balaban J connectivity index is 0.000000480. The summed E-state index contributed by atoms with van der Waals surface area (Å²) in [6, 6.07) is 14.1. The van der Waals surface area contributed by atoms with Crippen molar-refractivity contribution in [2.75, 3.05) is 75.6 Å². The topological polar surface area (TPSA) is 241 Å². The Kier molecular flexibility index (Phi) is 33.3. The van der Waals surface area contributed by atoms with Gasteiger partial charge in [0.15, 0.2) is 0 Å². The molecule has 0 fully saturated rings. The van der Waals surface area contributed by atoms with E-state index in [9.17, 15) is 29.5 Å². The Morgan fingerprint density at radius 1 is 0.696 bits per heavy atom. The normalized spacial score (nSPS) is 11.4. The number of aliphatic hydroxyl groups excluding tert-OH is 1. The number of carboxylic acids is 1. The molecule has 2 aromatic heterocycles. The Bertz CT molecular complexity index is 2920. The molecule has 20 nitrogen and oxygen atoms in total. The quantitative estimate of drug-likeness (QED) is 0.0101. The summed E-state index contributed by atoms with van der Waals surface area (Å²) in [7, 11) is 0. The molecule has 0 saturated carbocycles. The predicted molar refractivity (Wildman–Crippen MR) is 299 cm³/mol. The Labute approximate surface area is 492 Å². The van der Waals surface area contributed by atoms with Crippen LogP contribution >= 0.6 is 22.7 Å². The van der Waals surface area contributed by atoms with Crippen LogP contribution in [0.5, 0.6) is 0 Å². The van der Waals surface area contributed by atoms with Gasteiger partial charge in [-0.05, 0) is 98.3 Å². The maximum atomic E-state index is 11.4. The number of thiophene rings is 2. The molecule has 1 aliphatic rings. The van der Waals surface area contributed by atoms with E-state index in [4.69, 9.17) is 39.0 Å². The molecular weight excluding hydrogens is 1060 g/mol. The molecule has 412 valence electrons. The van der Waals surface area contributed by atoms with Gasteiger partial charge in [0, 0.05) is 55.8 Å². The number of carbonyl (C=O) groups excluding carboxylic acids is 4. The van der Waals surface area contributed by atoms with Gasteiger partial charge in [0.2, 0.25) is 16.4 Å². The third-order valence-corrected chi connectivity index (χ3v) is 13.5. The number of hydrogen-bond donors (Lipinski definition) is 1. The van der Waals surface area contributed by atoms with Gasteiger partial charge >= 0.3 is 47.5 Å². The average molecular weight is 1130 g/mol. The second-order valence-electron chi connectivity index (χ2n) is 17.1. The fraction of sp³-hybridized carbons (Fsp3) is 0.429. The van der Waals surface area contributed by atoms with Crippen molar-refractivity contribution in [2.24, 2.45) is 20.5 Å².